The van der Waals surface area contributed by atoms with Gasteiger partial charge in [-0.3, -0.25) is 0 Å². The number of carbonyl (C=O) groups is 1. The maximum Gasteiger partial charge on any atom is 0.314 e. The van der Waals surface area contributed by atoms with Gasteiger partial charge in [-0.25, -0.2) is 4.79 Å². The number of benzene rings is 1. The van der Waals surface area contributed by atoms with Crippen molar-refractivity contribution in [2.24, 2.45) is 5.73 Å². The molecule has 3 N–H and O–H groups in total. The highest BCUT2D eigenvalue weighted by molar-refractivity contribution is 5.72. The first kappa shape index (κ1) is 12.1. The molecule has 19 heavy (non-hydrogen) atoms. The lowest BCUT2D eigenvalue weighted by molar-refractivity contribution is 0.0110. The Bertz CT molecular complexity index is 481. The van der Waals surface area contributed by atoms with Gasteiger partial charge >= 0.3 is 6.03 Å². The summed E-state index contributed by atoms with van der Waals surface area (Å²) in [5.74, 6) is 0.910. The van der Waals surface area contributed by atoms with Crippen LogP contribution in [0.1, 0.15) is 19.3 Å². The van der Waals surface area contributed by atoms with Crippen LogP contribution in [0.15, 0.2) is 24.3 Å². The van der Waals surface area contributed by atoms with Gasteiger partial charge in [0.05, 0.1) is 5.69 Å². The fourth-order valence-electron chi connectivity index (χ4n) is 2.90. The molecule has 1 spiro atoms. The molecule has 2 aliphatic rings. The van der Waals surface area contributed by atoms with E-state index in [1.54, 1.807) is 4.90 Å². The van der Waals surface area contributed by atoms with E-state index >= 15 is 0 Å². The number of hydrogen-bond donors (Lipinski definition) is 2. The van der Waals surface area contributed by atoms with Crippen molar-refractivity contribution in [3.05, 3.63) is 24.3 Å². The lowest BCUT2D eigenvalue weighted by Gasteiger charge is -2.40. The second-order valence-electron chi connectivity index (χ2n) is 5.28. The summed E-state index contributed by atoms with van der Waals surface area (Å²) >= 11 is 0. The van der Waals surface area contributed by atoms with E-state index in [2.05, 4.69) is 5.32 Å². The number of urea groups is 1. The number of nitrogens with one attached hydrogen (secondary N) is 1. The number of hydrogen-bond acceptors (Lipinski definition) is 3. The molecule has 3 rings (SSSR count). The average Bonchev–Trinajstić information content (AvgIpc) is 2.58. The van der Waals surface area contributed by atoms with Gasteiger partial charge in [-0.2, -0.15) is 0 Å². The summed E-state index contributed by atoms with van der Waals surface area (Å²) in [6.07, 6.45) is 2.63. The molecule has 2 amide bonds. The smallest absolute Gasteiger partial charge is 0.314 e. The standard InChI is InChI=1S/C14H19N3O2/c15-13(18)17-9-6-14(7-10-17)5-8-16-11-3-1-2-4-12(11)19-14/h1-4,16H,5-10H2,(H2,15,18). The van der Waals surface area contributed by atoms with Crippen molar-refractivity contribution < 1.29 is 9.53 Å². The van der Waals surface area contributed by atoms with E-state index in [0.717, 1.165) is 37.2 Å². The normalized spacial score (nSPS) is 20.9. The van der Waals surface area contributed by atoms with Crippen LogP contribution < -0.4 is 15.8 Å². The lowest BCUT2D eigenvalue weighted by Crippen LogP contribution is -2.51. The van der Waals surface area contributed by atoms with Crippen LogP contribution in [0.5, 0.6) is 5.75 Å². The van der Waals surface area contributed by atoms with Crippen molar-refractivity contribution in [1.82, 2.24) is 4.90 Å². The quantitative estimate of drug-likeness (QED) is 0.748. The van der Waals surface area contributed by atoms with E-state index in [1.807, 2.05) is 24.3 Å². The fourth-order valence-corrected chi connectivity index (χ4v) is 2.90. The Morgan fingerprint density at radius 3 is 2.74 bits per heavy atom. The monoisotopic (exact) mass is 261 g/mol. The Balaban J connectivity index is 1.78. The molecule has 0 radical (unpaired) electrons. The zero-order valence-electron chi connectivity index (χ0n) is 10.9. The molecule has 0 atom stereocenters. The van der Waals surface area contributed by atoms with E-state index in [0.29, 0.717) is 13.1 Å². The molecule has 0 bridgehead atoms. The zero-order valence-corrected chi connectivity index (χ0v) is 10.9. The van der Waals surface area contributed by atoms with E-state index in [1.165, 1.54) is 0 Å². The highest BCUT2D eigenvalue weighted by Gasteiger charge is 2.38. The van der Waals surface area contributed by atoms with Gasteiger partial charge in [0, 0.05) is 38.9 Å². The van der Waals surface area contributed by atoms with Gasteiger partial charge in [0.25, 0.3) is 0 Å². The highest BCUT2D eigenvalue weighted by atomic mass is 16.5. The van der Waals surface area contributed by atoms with E-state index < -0.39 is 0 Å². The van der Waals surface area contributed by atoms with Crippen LogP contribution in [0.3, 0.4) is 0 Å². The molecule has 1 fully saturated rings. The van der Waals surface area contributed by atoms with Crippen LogP contribution in [0.25, 0.3) is 0 Å². The zero-order chi connectivity index (χ0) is 13.3. The number of rotatable bonds is 0. The molecular weight excluding hydrogens is 242 g/mol. The third-order valence-corrected chi connectivity index (χ3v) is 4.10. The first-order chi connectivity index (χ1) is 9.19. The molecule has 0 saturated carbocycles. The number of nitrogens with zero attached hydrogens (tertiary/aromatic N) is 1. The molecule has 1 aromatic carbocycles. The molecule has 2 aliphatic heterocycles. The van der Waals surface area contributed by atoms with Crippen LogP contribution in [0, 0.1) is 0 Å². The number of ether oxygens (including phenoxy) is 1. The number of amides is 2. The Morgan fingerprint density at radius 2 is 2.00 bits per heavy atom. The molecule has 1 aromatic rings. The predicted molar refractivity (Wildman–Crippen MR) is 73.3 cm³/mol. The van der Waals surface area contributed by atoms with Crippen molar-refractivity contribution in [3.63, 3.8) is 0 Å². The molecule has 102 valence electrons. The molecule has 5 heteroatoms. The van der Waals surface area contributed by atoms with Crippen LogP contribution in [0.4, 0.5) is 10.5 Å². The summed E-state index contributed by atoms with van der Waals surface area (Å²) in [6, 6.07) is 7.69. The minimum absolute atomic E-state index is 0.161. The summed E-state index contributed by atoms with van der Waals surface area (Å²) in [7, 11) is 0. The van der Waals surface area contributed by atoms with Gasteiger partial charge in [0.1, 0.15) is 11.4 Å². The lowest BCUT2D eigenvalue weighted by atomic mass is 9.88. The summed E-state index contributed by atoms with van der Waals surface area (Å²) < 4.78 is 6.27. The van der Waals surface area contributed by atoms with Crippen molar-refractivity contribution in [3.8, 4) is 5.75 Å². The summed E-state index contributed by atoms with van der Waals surface area (Å²) in [5.41, 5.74) is 6.22. The number of likely N-dealkylation sites (tertiary alicyclic amines) is 1. The molecule has 0 aliphatic carbocycles. The molecule has 2 heterocycles. The molecule has 1 saturated heterocycles. The van der Waals surface area contributed by atoms with Gasteiger partial charge in [-0.1, -0.05) is 12.1 Å². The number of anilines is 1. The van der Waals surface area contributed by atoms with Gasteiger partial charge in [0.2, 0.25) is 0 Å². The maximum atomic E-state index is 11.2. The molecule has 5 nitrogen and oxygen atoms in total. The van der Waals surface area contributed by atoms with Crippen LogP contribution in [-0.4, -0.2) is 36.2 Å². The summed E-state index contributed by atoms with van der Waals surface area (Å²) in [4.78, 5) is 12.9. The van der Waals surface area contributed by atoms with Crippen LogP contribution in [-0.2, 0) is 0 Å². The second kappa shape index (κ2) is 4.64. The van der Waals surface area contributed by atoms with Crippen molar-refractivity contribution in [1.29, 1.82) is 0 Å². The predicted octanol–water partition coefficient (Wildman–Crippen LogP) is 1.79. The van der Waals surface area contributed by atoms with Gasteiger partial charge in [-0.05, 0) is 12.1 Å². The number of nitrogens with two attached hydrogens (primary N) is 1. The number of fused-ring (bicyclic) bond motifs is 1. The molecular formula is C14H19N3O2. The summed E-state index contributed by atoms with van der Waals surface area (Å²) in [6.45, 7) is 2.25. The first-order valence-corrected chi connectivity index (χ1v) is 6.75. The minimum atomic E-state index is -0.331. The highest BCUT2D eigenvalue weighted by Crippen LogP contribution is 2.37. The van der Waals surface area contributed by atoms with Crippen LogP contribution >= 0.6 is 0 Å². The fraction of sp³-hybridized carbons (Fsp3) is 0.500. The van der Waals surface area contributed by atoms with E-state index in [9.17, 15) is 4.79 Å². The van der Waals surface area contributed by atoms with Gasteiger partial charge < -0.3 is 20.7 Å². The third kappa shape index (κ3) is 2.32. The Labute approximate surface area is 112 Å². The first-order valence-electron chi connectivity index (χ1n) is 6.75. The number of para-hydroxylation sites is 2. The van der Waals surface area contributed by atoms with Crippen molar-refractivity contribution in [2.75, 3.05) is 25.0 Å². The second-order valence-corrected chi connectivity index (χ2v) is 5.28. The Kier molecular flexibility index (Phi) is 2.97. The minimum Gasteiger partial charge on any atom is -0.485 e. The Hall–Kier alpha value is -1.91. The van der Waals surface area contributed by atoms with E-state index in [4.69, 9.17) is 10.5 Å². The summed E-state index contributed by atoms with van der Waals surface area (Å²) in [5, 5.41) is 3.40. The van der Waals surface area contributed by atoms with Gasteiger partial charge in [-0.15, -0.1) is 0 Å². The largest absolute Gasteiger partial charge is 0.485 e. The molecule has 0 aromatic heterocycles. The van der Waals surface area contributed by atoms with E-state index in [-0.39, 0.29) is 11.6 Å². The number of carbonyl (C=O) groups excluding carboxylic acids is 1. The topological polar surface area (TPSA) is 67.6 Å². The third-order valence-electron chi connectivity index (χ3n) is 4.10. The Morgan fingerprint density at radius 1 is 1.26 bits per heavy atom. The maximum absolute atomic E-state index is 11.2. The van der Waals surface area contributed by atoms with Crippen molar-refractivity contribution in [2.45, 2.75) is 24.9 Å². The van der Waals surface area contributed by atoms with Gasteiger partial charge in [0.15, 0.2) is 0 Å². The average molecular weight is 261 g/mol. The molecule has 0 unspecified atom stereocenters. The number of piperidine rings is 1. The van der Waals surface area contributed by atoms with Crippen LogP contribution in [0.2, 0.25) is 0 Å². The number of primary amides is 1. The van der Waals surface area contributed by atoms with Crippen molar-refractivity contribution >= 4 is 11.7 Å². The SMILES string of the molecule is NC(=O)N1CCC2(CCNc3ccccc3O2)CC1.